The van der Waals surface area contributed by atoms with Gasteiger partial charge in [-0.1, -0.05) is 0 Å². The molecule has 1 N–H and O–H groups in total. The average Bonchev–Trinajstić information content (AvgIpc) is 2.65. The van der Waals surface area contributed by atoms with Crippen LogP contribution in [-0.2, 0) is 0 Å². The molecule has 2 aliphatic heterocycles. The molecule has 1 saturated heterocycles. The molecule has 0 bridgehead atoms. The van der Waals surface area contributed by atoms with E-state index in [1.165, 1.54) is 29.9 Å². The zero-order valence-electron chi connectivity index (χ0n) is 7.60. The van der Waals surface area contributed by atoms with Gasteiger partial charge in [0.15, 0.2) is 0 Å². The number of nitrogens with zero attached hydrogens (tertiary/aromatic N) is 2. The van der Waals surface area contributed by atoms with Crippen LogP contribution in [0.1, 0.15) is 12.8 Å². The van der Waals surface area contributed by atoms with Crippen LogP contribution in [0.25, 0.3) is 0 Å². The largest absolute Gasteiger partial charge is 0.508 e. The molecule has 2 aliphatic rings. The Hall–Kier alpha value is -1.16. The number of amidine groups is 1. The zero-order chi connectivity index (χ0) is 9.54. The van der Waals surface area contributed by atoms with Crippen LogP contribution in [0, 0.1) is 0 Å². The van der Waals surface area contributed by atoms with Gasteiger partial charge in [-0.15, -0.1) is 0 Å². The molecule has 1 aromatic rings. The first-order valence-corrected chi connectivity index (χ1v) is 5.46. The molecular weight excluding hydrogens is 196 g/mol. The van der Waals surface area contributed by atoms with E-state index in [0.717, 1.165) is 17.9 Å². The predicted octanol–water partition coefficient (Wildman–Crippen LogP) is 2.41. The fourth-order valence-corrected chi connectivity index (χ4v) is 2.75. The van der Waals surface area contributed by atoms with Gasteiger partial charge in [0.25, 0.3) is 0 Å². The fraction of sp³-hybridized carbons (Fsp3) is 0.300. The molecule has 0 saturated carbocycles. The number of hydrogen-bond acceptors (Lipinski definition) is 4. The van der Waals surface area contributed by atoms with Gasteiger partial charge in [0.1, 0.15) is 11.6 Å². The second kappa shape index (κ2) is 2.92. The van der Waals surface area contributed by atoms with Crippen LogP contribution in [0.5, 0.6) is 5.75 Å². The molecule has 1 fully saturated rings. The molecule has 4 heteroatoms. The SMILES string of the molecule is Oc1ccc2c(c1)SN=C1CCCN12. The second-order valence-electron chi connectivity index (χ2n) is 3.51. The molecule has 0 aliphatic carbocycles. The lowest BCUT2D eigenvalue weighted by atomic mass is 10.2. The first-order valence-electron chi connectivity index (χ1n) is 4.69. The maximum Gasteiger partial charge on any atom is 0.117 e. The van der Waals surface area contributed by atoms with Crippen molar-refractivity contribution in [2.45, 2.75) is 17.7 Å². The standard InChI is InChI=1S/C10H10N2OS/c13-7-3-4-8-9(6-7)14-11-10-2-1-5-12(8)10/h3-4,6,13H,1-2,5H2. The quantitative estimate of drug-likeness (QED) is 0.662. The van der Waals surface area contributed by atoms with Crippen LogP contribution in [0.3, 0.4) is 0 Å². The van der Waals surface area contributed by atoms with E-state index in [1.54, 1.807) is 12.1 Å². The van der Waals surface area contributed by atoms with Crippen molar-refractivity contribution in [2.24, 2.45) is 4.40 Å². The number of rotatable bonds is 0. The summed E-state index contributed by atoms with van der Waals surface area (Å²) in [5, 5.41) is 9.35. The van der Waals surface area contributed by atoms with Crippen molar-refractivity contribution in [1.29, 1.82) is 0 Å². The molecule has 0 radical (unpaired) electrons. The maximum atomic E-state index is 9.35. The molecule has 3 nitrogen and oxygen atoms in total. The van der Waals surface area contributed by atoms with Crippen LogP contribution >= 0.6 is 11.9 Å². The van der Waals surface area contributed by atoms with Gasteiger partial charge in [0, 0.05) is 24.9 Å². The molecule has 0 atom stereocenters. The van der Waals surface area contributed by atoms with Crippen LogP contribution in [0.2, 0.25) is 0 Å². The number of fused-ring (bicyclic) bond motifs is 3. The Kier molecular flexibility index (Phi) is 1.70. The number of anilines is 1. The highest BCUT2D eigenvalue weighted by Gasteiger charge is 2.26. The number of hydrogen-bond donors (Lipinski definition) is 1. The smallest absolute Gasteiger partial charge is 0.117 e. The van der Waals surface area contributed by atoms with Gasteiger partial charge in [0.2, 0.25) is 0 Å². The van der Waals surface area contributed by atoms with Gasteiger partial charge < -0.3 is 10.0 Å². The Morgan fingerprint density at radius 3 is 3.29 bits per heavy atom. The summed E-state index contributed by atoms with van der Waals surface area (Å²) in [6.07, 6.45) is 2.26. The first kappa shape index (κ1) is 8.17. The van der Waals surface area contributed by atoms with Crippen molar-refractivity contribution < 1.29 is 5.11 Å². The highest BCUT2D eigenvalue weighted by atomic mass is 32.2. The minimum absolute atomic E-state index is 0.314. The van der Waals surface area contributed by atoms with Crippen molar-refractivity contribution in [3.05, 3.63) is 18.2 Å². The third-order valence-corrected chi connectivity index (χ3v) is 3.40. The molecule has 3 rings (SSSR count). The van der Waals surface area contributed by atoms with Gasteiger partial charge in [-0.2, -0.15) is 4.40 Å². The molecule has 2 heterocycles. The molecule has 0 unspecified atom stereocenters. The Morgan fingerprint density at radius 1 is 1.43 bits per heavy atom. The van der Waals surface area contributed by atoms with Crippen LogP contribution in [-0.4, -0.2) is 17.5 Å². The first-order chi connectivity index (χ1) is 6.84. The fourth-order valence-electron chi connectivity index (χ4n) is 1.91. The molecular formula is C10H10N2OS. The lowest BCUT2D eigenvalue weighted by molar-refractivity contribution is 0.474. The summed E-state index contributed by atoms with van der Waals surface area (Å²) in [5.41, 5.74) is 1.19. The summed E-state index contributed by atoms with van der Waals surface area (Å²) in [7, 11) is 0. The van der Waals surface area contributed by atoms with Gasteiger partial charge >= 0.3 is 0 Å². The molecule has 1 aromatic carbocycles. The van der Waals surface area contributed by atoms with E-state index >= 15 is 0 Å². The van der Waals surface area contributed by atoms with Gasteiger partial charge in [0.05, 0.1) is 10.6 Å². The molecule has 0 spiro atoms. The van der Waals surface area contributed by atoms with Crippen molar-refractivity contribution in [2.75, 3.05) is 11.4 Å². The molecule has 0 aromatic heterocycles. The summed E-state index contributed by atoms with van der Waals surface area (Å²) in [6, 6.07) is 5.48. The van der Waals surface area contributed by atoms with E-state index < -0.39 is 0 Å². The van der Waals surface area contributed by atoms with Crippen LogP contribution in [0.4, 0.5) is 5.69 Å². The van der Waals surface area contributed by atoms with Crippen LogP contribution in [0.15, 0.2) is 27.5 Å². The van der Waals surface area contributed by atoms with E-state index in [4.69, 9.17) is 0 Å². The summed E-state index contributed by atoms with van der Waals surface area (Å²) >= 11 is 1.47. The van der Waals surface area contributed by atoms with Gasteiger partial charge in [-0.3, -0.25) is 0 Å². The highest BCUT2D eigenvalue weighted by Crippen LogP contribution is 2.40. The second-order valence-corrected chi connectivity index (χ2v) is 4.31. The van der Waals surface area contributed by atoms with E-state index in [9.17, 15) is 5.11 Å². The number of phenols is 1. The predicted molar refractivity (Wildman–Crippen MR) is 58.0 cm³/mol. The van der Waals surface area contributed by atoms with Crippen molar-refractivity contribution in [3.8, 4) is 5.75 Å². The number of benzene rings is 1. The normalized spacial score (nSPS) is 18.9. The van der Waals surface area contributed by atoms with E-state index in [2.05, 4.69) is 9.30 Å². The van der Waals surface area contributed by atoms with Crippen LogP contribution < -0.4 is 4.90 Å². The van der Waals surface area contributed by atoms with Crippen molar-refractivity contribution in [3.63, 3.8) is 0 Å². The van der Waals surface area contributed by atoms with Gasteiger partial charge in [-0.05, 0) is 24.6 Å². The minimum atomic E-state index is 0.314. The molecule has 0 amide bonds. The Bertz CT molecular complexity index is 417. The Balaban J connectivity index is 2.11. The number of phenolic OH excluding ortho intramolecular Hbond substituents is 1. The average molecular weight is 206 g/mol. The topological polar surface area (TPSA) is 35.8 Å². The summed E-state index contributed by atoms with van der Waals surface area (Å²) < 4.78 is 4.42. The van der Waals surface area contributed by atoms with Gasteiger partial charge in [-0.25, -0.2) is 0 Å². The lowest BCUT2D eigenvalue weighted by Gasteiger charge is -2.24. The highest BCUT2D eigenvalue weighted by molar-refractivity contribution is 7.98. The van der Waals surface area contributed by atoms with E-state index in [0.29, 0.717) is 5.75 Å². The summed E-state index contributed by atoms with van der Waals surface area (Å²) in [5.74, 6) is 1.49. The van der Waals surface area contributed by atoms with E-state index in [1.807, 2.05) is 6.07 Å². The number of aromatic hydroxyl groups is 1. The monoisotopic (exact) mass is 206 g/mol. The summed E-state index contributed by atoms with van der Waals surface area (Å²) in [4.78, 5) is 3.29. The lowest BCUT2D eigenvalue weighted by Crippen LogP contribution is -2.26. The van der Waals surface area contributed by atoms with Crippen molar-refractivity contribution >= 4 is 23.5 Å². The Labute approximate surface area is 86.6 Å². The van der Waals surface area contributed by atoms with Crippen molar-refractivity contribution in [1.82, 2.24) is 0 Å². The zero-order valence-corrected chi connectivity index (χ0v) is 8.42. The molecule has 72 valence electrons. The third-order valence-electron chi connectivity index (χ3n) is 2.58. The third kappa shape index (κ3) is 1.10. The minimum Gasteiger partial charge on any atom is -0.508 e. The maximum absolute atomic E-state index is 9.35. The van der Waals surface area contributed by atoms with E-state index in [-0.39, 0.29) is 0 Å². The molecule has 14 heavy (non-hydrogen) atoms. The Morgan fingerprint density at radius 2 is 2.36 bits per heavy atom. The summed E-state index contributed by atoms with van der Waals surface area (Å²) in [6.45, 7) is 1.05.